The summed E-state index contributed by atoms with van der Waals surface area (Å²) in [6, 6.07) is 0.0960. The van der Waals surface area contributed by atoms with Crippen LogP contribution in [0.5, 0.6) is 0 Å². The van der Waals surface area contributed by atoms with Gasteiger partial charge in [-0.3, -0.25) is 0 Å². The maximum absolute atomic E-state index is 13.0. The number of carbonyl (C=O) groups excluding carboxylic acids is 1. The number of hydrogen-bond donors (Lipinski definition) is 0. The van der Waals surface area contributed by atoms with Gasteiger partial charge in [-0.1, -0.05) is 11.6 Å². The Labute approximate surface area is 180 Å². The second-order valence-electron chi connectivity index (χ2n) is 9.74. The van der Waals surface area contributed by atoms with Crippen molar-refractivity contribution in [2.24, 2.45) is 5.92 Å². The predicted molar refractivity (Wildman–Crippen MR) is 111 cm³/mol. The summed E-state index contributed by atoms with van der Waals surface area (Å²) in [7, 11) is 3.38. The van der Waals surface area contributed by atoms with Crippen molar-refractivity contribution >= 4 is 6.09 Å². The molecule has 0 aromatic heterocycles. The third kappa shape index (κ3) is 4.01. The maximum atomic E-state index is 13.0. The average molecular weight is 424 g/mol. The zero-order valence-corrected chi connectivity index (χ0v) is 19.0. The Kier molecular flexibility index (Phi) is 6.19. The number of carbonyl (C=O) groups is 1. The van der Waals surface area contributed by atoms with E-state index in [1.807, 2.05) is 4.90 Å². The molecule has 7 nitrogen and oxygen atoms in total. The van der Waals surface area contributed by atoms with Crippen molar-refractivity contribution in [1.82, 2.24) is 4.90 Å². The van der Waals surface area contributed by atoms with Crippen molar-refractivity contribution < 1.29 is 28.5 Å². The summed E-state index contributed by atoms with van der Waals surface area (Å²) < 4.78 is 29.5. The lowest BCUT2D eigenvalue weighted by atomic mass is 9.68. The minimum absolute atomic E-state index is 0.0467. The molecular weight excluding hydrogens is 386 g/mol. The molecule has 0 aromatic carbocycles. The summed E-state index contributed by atoms with van der Waals surface area (Å²) in [5, 5.41) is 0. The fourth-order valence-corrected chi connectivity index (χ4v) is 5.71. The van der Waals surface area contributed by atoms with E-state index in [1.54, 1.807) is 14.2 Å². The summed E-state index contributed by atoms with van der Waals surface area (Å²) in [4.78, 5) is 14.8. The van der Waals surface area contributed by atoms with Crippen molar-refractivity contribution in [2.45, 2.75) is 88.4 Å². The average Bonchev–Trinajstić information content (AvgIpc) is 3.56. The number of nitrogens with zero attached hydrogens (tertiary/aromatic N) is 1. The van der Waals surface area contributed by atoms with Crippen LogP contribution in [0.15, 0.2) is 11.6 Å². The van der Waals surface area contributed by atoms with Crippen LogP contribution in [0.1, 0.15) is 52.9 Å². The monoisotopic (exact) mass is 423 g/mol. The topological polar surface area (TPSA) is 73.1 Å². The van der Waals surface area contributed by atoms with E-state index in [-0.39, 0.29) is 47.6 Å². The lowest BCUT2D eigenvalue weighted by molar-refractivity contribution is -0.122. The van der Waals surface area contributed by atoms with Gasteiger partial charge in [0, 0.05) is 20.8 Å². The first kappa shape index (κ1) is 22.1. The molecule has 0 aromatic rings. The highest BCUT2D eigenvalue weighted by molar-refractivity contribution is 5.68. The van der Waals surface area contributed by atoms with Crippen LogP contribution in [-0.2, 0) is 23.7 Å². The van der Waals surface area contributed by atoms with Gasteiger partial charge in [-0.25, -0.2) is 4.79 Å². The molecule has 3 heterocycles. The van der Waals surface area contributed by atoms with Crippen LogP contribution in [0.25, 0.3) is 0 Å². The first-order valence-electron chi connectivity index (χ1n) is 11.3. The van der Waals surface area contributed by atoms with E-state index >= 15 is 0 Å². The van der Waals surface area contributed by atoms with Crippen molar-refractivity contribution in [3.63, 3.8) is 0 Å². The number of amides is 1. The normalized spacial score (nSPS) is 42.3. The molecule has 7 atom stereocenters. The summed E-state index contributed by atoms with van der Waals surface area (Å²) in [6.07, 6.45) is 6.03. The molecule has 4 fully saturated rings. The highest BCUT2D eigenvalue weighted by Crippen LogP contribution is 2.59. The van der Waals surface area contributed by atoms with Crippen LogP contribution < -0.4 is 0 Å². The van der Waals surface area contributed by atoms with Crippen LogP contribution in [0.2, 0.25) is 0 Å². The Balaban J connectivity index is 1.47. The SMILES string of the molecule is COC[C@@H]1CCCN1C(=O)OC1CC[C@]2(CO2)C([C@@]2(C)O[C@@H]2CC=C(C)C)C1OC. The molecule has 170 valence electrons. The van der Waals surface area contributed by atoms with Crippen LogP contribution in [0, 0.1) is 5.92 Å². The Morgan fingerprint density at radius 1 is 1.27 bits per heavy atom. The minimum atomic E-state index is -0.319. The quantitative estimate of drug-likeness (QED) is 0.462. The van der Waals surface area contributed by atoms with Gasteiger partial charge in [0.1, 0.15) is 23.4 Å². The van der Waals surface area contributed by atoms with Crippen LogP contribution in [-0.4, -0.2) is 80.5 Å². The number of epoxide rings is 2. The third-order valence-corrected chi connectivity index (χ3v) is 7.46. The van der Waals surface area contributed by atoms with Gasteiger partial charge in [-0.15, -0.1) is 0 Å². The third-order valence-electron chi connectivity index (χ3n) is 7.46. The van der Waals surface area contributed by atoms with Gasteiger partial charge in [0.2, 0.25) is 0 Å². The number of allylic oxidation sites excluding steroid dienone is 1. The molecule has 1 aliphatic carbocycles. The molecule has 3 aliphatic heterocycles. The van der Waals surface area contributed by atoms with Crippen molar-refractivity contribution in [3.8, 4) is 0 Å². The van der Waals surface area contributed by atoms with Crippen molar-refractivity contribution in [3.05, 3.63) is 11.6 Å². The summed E-state index contributed by atoms with van der Waals surface area (Å²) >= 11 is 0. The molecule has 30 heavy (non-hydrogen) atoms. The largest absolute Gasteiger partial charge is 0.443 e. The van der Waals surface area contributed by atoms with Crippen molar-refractivity contribution in [2.75, 3.05) is 34.0 Å². The second-order valence-corrected chi connectivity index (χ2v) is 9.74. The fourth-order valence-electron chi connectivity index (χ4n) is 5.71. The minimum Gasteiger partial charge on any atom is -0.443 e. The van der Waals surface area contributed by atoms with E-state index in [9.17, 15) is 4.79 Å². The van der Waals surface area contributed by atoms with Gasteiger partial charge < -0.3 is 28.6 Å². The number of rotatable bonds is 7. The highest BCUT2D eigenvalue weighted by atomic mass is 16.6. The summed E-state index contributed by atoms with van der Waals surface area (Å²) in [5.74, 6) is 0.0467. The van der Waals surface area contributed by atoms with Crippen LogP contribution >= 0.6 is 0 Å². The molecule has 1 saturated carbocycles. The smallest absolute Gasteiger partial charge is 0.410 e. The second kappa shape index (κ2) is 8.41. The van der Waals surface area contributed by atoms with Crippen LogP contribution in [0.4, 0.5) is 4.79 Å². The zero-order valence-electron chi connectivity index (χ0n) is 19.0. The van der Waals surface area contributed by atoms with E-state index in [0.29, 0.717) is 6.61 Å². The van der Waals surface area contributed by atoms with Gasteiger partial charge in [-0.05, 0) is 52.9 Å². The Morgan fingerprint density at radius 3 is 2.67 bits per heavy atom. The van der Waals surface area contributed by atoms with E-state index in [1.165, 1.54) is 5.57 Å². The van der Waals surface area contributed by atoms with Gasteiger partial charge >= 0.3 is 6.09 Å². The van der Waals surface area contributed by atoms with E-state index in [0.717, 1.165) is 45.3 Å². The molecule has 3 unspecified atom stereocenters. The fraction of sp³-hybridized carbons (Fsp3) is 0.870. The van der Waals surface area contributed by atoms with Gasteiger partial charge in [0.15, 0.2) is 0 Å². The van der Waals surface area contributed by atoms with Gasteiger partial charge in [0.05, 0.1) is 31.3 Å². The predicted octanol–water partition coefficient (Wildman–Crippen LogP) is 3.31. The van der Waals surface area contributed by atoms with E-state index in [2.05, 4.69) is 26.8 Å². The molecule has 0 radical (unpaired) electrons. The molecule has 1 amide bonds. The summed E-state index contributed by atoms with van der Waals surface area (Å²) in [5.41, 5.74) is 0.769. The van der Waals surface area contributed by atoms with E-state index < -0.39 is 0 Å². The molecule has 7 heteroatoms. The van der Waals surface area contributed by atoms with Crippen LogP contribution in [0.3, 0.4) is 0 Å². The summed E-state index contributed by atoms with van der Waals surface area (Å²) in [6.45, 7) is 8.37. The molecule has 1 spiro atoms. The molecule has 4 aliphatic rings. The number of hydrogen-bond acceptors (Lipinski definition) is 6. The molecule has 3 saturated heterocycles. The van der Waals surface area contributed by atoms with Gasteiger partial charge in [-0.2, -0.15) is 0 Å². The molecule has 0 bridgehead atoms. The highest BCUT2D eigenvalue weighted by Gasteiger charge is 2.72. The lowest BCUT2D eigenvalue weighted by Gasteiger charge is -2.43. The number of methoxy groups -OCH3 is 2. The maximum Gasteiger partial charge on any atom is 0.410 e. The first-order chi connectivity index (χ1) is 14.3. The Morgan fingerprint density at radius 2 is 2.03 bits per heavy atom. The Bertz CT molecular complexity index is 673. The Hall–Kier alpha value is -1.15. The van der Waals surface area contributed by atoms with E-state index in [4.69, 9.17) is 23.7 Å². The molecular formula is C23H37NO6. The number of ether oxygens (including phenoxy) is 5. The zero-order chi connectivity index (χ0) is 21.5. The first-order valence-corrected chi connectivity index (χ1v) is 11.3. The van der Waals surface area contributed by atoms with Crippen molar-refractivity contribution in [1.29, 1.82) is 0 Å². The molecule has 4 rings (SSSR count). The molecule has 0 N–H and O–H groups in total. The standard InChI is InChI=1S/C23H37NO6/c1-15(2)8-9-18-22(3,30-18)20-19(27-5)17(10-11-23(20)14-28-23)29-21(25)24-12-6-7-16(24)13-26-4/h8,16-20H,6-7,9-14H2,1-5H3/t16-,17?,18+,19?,20?,22-,23-/m0/s1. The van der Waals surface area contributed by atoms with Gasteiger partial charge in [0.25, 0.3) is 0 Å². The lowest BCUT2D eigenvalue weighted by Crippen LogP contribution is -2.56. The number of likely N-dealkylation sites (tertiary alicyclic amines) is 1.